The fourth-order valence-electron chi connectivity index (χ4n) is 1.41. The number of tetrazole rings is 1. The minimum absolute atomic E-state index is 0.368. The third kappa shape index (κ3) is 1.77. The molecule has 0 amide bonds. The molecule has 6 heteroatoms. The average Bonchev–Trinajstić information content (AvgIpc) is 2.80. The van der Waals surface area contributed by atoms with Crippen LogP contribution >= 0.6 is 0 Å². The molecule has 16 heavy (non-hydrogen) atoms. The molecule has 0 saturated carbocycles. The number of oxime groups is 1. The summed E-state index contributed by atoms with van der Waals surface area (Å²) in [6.45, 7) is 2.54. The summed E-state index contributed by atoms with van der Waals surface area (Å²) in [7, 11) is 0. The lowest BCUT2D eigenvalue weighted by Gasteiger charge is -2.03. The number of rotatable bonds is 3. The highest BCUT2D eigenvalue weighted by atomic mass is 16.4. The molecule has 0 unspecified atom stereocenters. The minimum atomic E-state index is 0.368. The number of aromatic nitrogens is 4. The summed E-state index contributed by atoms with van der Waals surface area (Å²) in [5.74, 6) is 0.455. The van der Waals surface area contributed by atoms with Crippen molar-refractivity contribution in [1.29, 1.82) is 0 Å². The third-order valence-corrected chi connectivity index (χ3v) is 2.19. The Morgan fingerprint density at radius 1 is 1.38 bits per heavy atom. The quantitative estimate of drug-likeness (QED) is 0.471. The zero-order valence-electron chi connectivity index (χ0n) is 8.78. The number of hydrogen-bond donors (Lipinski definition) is 1. The SMILES string of the molecule is CCn1nnnc1/C(=N\O)c1ccccc1. The average molecular weight is 217 g/mol. The minimum Gasteiger partial charge on any atom is -0.410 e. The van der Waals surface area contributed by atoms with Gasteiger partial charge in [0.15, 0.2) is 5.71 Å². The van der Waals surface area contributed by atoms with Gasteiger partial charge in [0.1, 0.15) is 0 Å². The van der Waals surface area contributed by atoms with E-state index in [-0.39, 0.29) is 0 Å². The molecule has 0 fully saturated rings. The first-order valence-corrected chi connectivity index (χ1v) is 4.90. The second-order valence-corrected chi connectivity index (χ2v) is 3.13. The summed E-state index contributed by atoms with van der Waals surface area (Å²) in [6, 6.07) is 9.29. The van der Waals surface area contributed by atoms with Crippen LogP contribution in [0.25, 0.3) is 0 Å². The Morgan fingerprint density at radius 2 is 2.12 bits per heavy atom. The number of hydrogen-bond acceptors (Lipinski definition) is 5. The third-order valence-electron chi connectivity index (χ3n) is 2.19. The van der Waals surface area contributed by atoms with Gasteiger partial charge in [0.25, 0.3) is 0 Å². The molecule has 0 saturated heterocycles. The summed E-state index contributed by atoms with van der Waals surface area (Å²) in [6.07, 6.45) is 0. The van der Waals surface area contributed by atoms with Crippen LogP contribution in [0, 0.1) is 0 Å². The molecule has 0 radical (unpaired) electrons. The van der Waals surface area contributed by atoms with Crippen LogP contribution in [0.2, 0.25) is 0 Å². The van der Waals surface area contributed by atoms with E-state index in [2.05, 4.69) is 20.7 Å². The van der Waals surface area contributed by atoms with Crippen molar-refractivity contribution in [3.8, 4) is 0 Å². The number of nitrogens with zero attached hydrogens (tertiary/aromatic N) is 5. The summed E-state index contributed by atoms with van der Waals surface area (Å²) >= 11 is 0. The highest BCUT2D eigenvalue weighted by Crippen LogP contribution is 2.07. The molecular weight excluding hydrogens is 206 g/mol. The fraction of sp³-hybridized carbons (Fsp3) is 0.200. The van der Waals surface area contributed by atoms with Crippen LogP contribution in [0.3, 0.4) is 0 Å². The first-order chi connectivity index (χ1) is 7.86. The van der Waals surface area contributed by atoms with Gasteiger partial charge in [-0.3, -0.25) is 0 Å². The van der Waals surface area contributed by atoms with Gasteiger partial charge in [-0.05, 0) is 17.4 Å². The molecule has 1 heterocycles. The first-order valence-electron chi connectivity index (χ1n) is 4.90. The van der Waals surface area contributed by atoms with E-state index in [0.717, 1.165) is 5.56 Å². The van der Waals surface area contributed by atoms with Crippen molar-refractivity contribution in [2.45, 2.75) is 13.5 Å². The lowest BCUT2D eigenvalue weighted by molar-refractivity contribution is 0.319. The van der Waals surface area contributed by atoms with Gasteiger partial charge in [-0.15, -0.1) is 5.10 Å². The van der Waals surface area contributed by atoms with Crippen molar-refractivity contribution in [2.24, 2.45) is 5.16 Å². The second kappa shape index (κ2) is 4.52. The van der Waals surface area contributed by atoms with Crippen molar-refractivity contribution in [3.05, 3.63) is 41.7 Å². The Labute approximate surface area is 92.2 Å². The Kier molecular flexibility index (Phi) is 2.90. The van der Waals surface area contributed by atoms with Gasteiger partial charge in [-0.2, -0.15) is 0 Å². The predicted octanol–water partition coefficient (Wildman–Crippen LogP) is 0.920. The van der Waals surface area contributed by atoms with E-state index in [1.807, 2.05) is 37.3 Å². The molecule has 1 N–H and O–H groups in total. The molecule has 0 spiro atoms. The van der Waals surface area contributed by atoms with Crippen LogP contribution in [-0.2, 0) is 6.54 Å². The lowest BCUT2D eigenvalue weighted by atomic mass is 10.1. The summed E-state index contributed by atoms with van der Waals surface area (Å²) < 4.78 is 1.57. The second-order valence-electron chi connectivity index (χ2n) is 3.13. The van der Waals surface area contributed by atoms with Crippen LogP contribution in [0.15, 0.2) is 35.5 Å². The van der Waals surface area contributed by atoms with Gasteiger partial charge in [-0.25, -0.2) is 4.68 Å². The Hall–Kier alpha value is -2.24. The summed E-state index contributed by atoms with van der Waals surface area (Å²) in [4.78, 5) is 0. The molecule has 0 aliphatic rings. The van der Waals surface area contributed by atoms with E-state index in [1.54, 1.807) is 4.68 Å². The van der Waals surface area contributed by atoms with Crippen LogP contribution in [0.4, 0.5) is 0 Å². The van der Waals surface area contributed by atoms with Gasteiger partial charge < -0.3 is 5.21 Å². The highest BCUT2D eigenvalue weighted by Gasteiger charge is 2.14. The maximum Gasteiger partial charge on any atom is 0.204 e. The van der Waals surface area contributed by atoms with E-state index in [4.69, 9.17) is 5.21 Å². The summed E-state index contributed by atoms with van der Waals surface area (Å²) in [5, 5.41) is 23.5. The Balaban J connectivity index is 2.46. The zero-order valence-corrected chi connectivity index (χ0v) is 8.78. The normalized spacial score (nSPS) is 11.7. The van der Waals surface area contributed by atoms with Gasteiger partial charge in [-0.1, -0.05) is 35.5 Å². The van der Waals surface area contributed by atoms with Gasteiger partial charge in [0.05, 0.1) is 0 Å². The number of aryl methyl sites for hydroxylation is 1. The van der Waals surface area contributed by atoms with Crippen molar-refractivity contribution in [3.63, 3.8) is 0 Å². The van der Waals surface area contributed by atoms with E-state index in [9.17, 15) is 0 Å². The van der Waals surface area contributed by atoms with E-state index >= 15 is 0 Å². The largest absolute Gasteiger partial charge is 0.410 e. The molecule has 0 atom stereocenters. The van der Waals surface area contributed by atoms with Crippen LogP contribution < -0.4 is 0 Å². The highest BCUT2D eigenvalue weighted by molar-refractivity contribution is 6.10. The summed E-state index contributed by atoms with van der Waals surface area (Å²) in [5.41, 5.74) is 1.14. The standard InChI is InChI=1S/C10H11N5O/c1-2-15-10(11-13-14-15)9(12-16)8-6-4-3-5-7-8/h3-7,16H,2H2,1H3/b12-9-. The smallest absolute Gasteiger partial charge is 0.204 e. The van der Waals surface area contributed by atoms with Crippen molar-refractivity contribution in [2.75, 3.05) is 0 Å². The molecule has 82 valence electrons. The Morgan fingerprint density at radius 3 is 2.75 bits per heavy atom. The van der Waals surface area contributed by atoms with Gasteiger partial charge >= 0.3 is 0 Å². The first kappa shape index (κ1) is 10.3. The zero-order chi connectivity index (χ0) is 11.4. The topological polar surface area (TPSA) is 76.2 Å². The van der Waals surface area contributed by atoms with Crippen LogP contribution in [-0.4, -0.2) is 31.1 Å². The van der Waals surface area contributed by atoms with Gasteiger partial charge in [0, 0.05) is 12.1 Å². The molecule has 2 aromatic rings. The number of benzene rings is 1. The van der Waals surface area contributed by atoms with E-state index in [1.165, 1.54) is 0 Å². The predicted molar refractivity (Wildman–Crippen MR) is 57.4 cm³/mol. The van der Waals surface area contributed by atoms with Crippen molar-refractivity contribution >= 4 is 5.71 Å². The monoisotopic (exact) mass is 217 g/mol. The molecule has 0 aliphatic carbocycles. The van der Waals surface area contributed by atoms with Crippen molar-refractivity contribution < 1.29 is 5.21 Å². The van der Waals surface area contributed by atoms with Crippen LogP contribution in [0.1, 0.15) is 18.3 Å². The molecular formula is C10H11N5O. The molecule has 6 nitrogen and oxygen atoms in total. The van der Waals surface area contributed by atoms with Crippen molar-refractivity contribution in [1.82, 2.24) is 20.2 Å². The maximum atomic E-state index is 9.05. The maximum absolute atomic E-state index is 9.05. The molecule has 0 bridgehead atoms. The molecule has 1 aromatic heterocycles. The molecule has 1 aromatic carbocycles. The molecule has 2 rings (SSSR count). The van der Waals surface area contributed by atoms with Gasteiger partial charge in [0.2, 0.25) is 5.82 Å². The van der Waals surface area contributed by atoms with E-state index in [0.29, 0.717) is 18.1 Å². The van der Waals surface area contributed by atoms with E-state index < -0.39 is 0 Å². The Bertz CT molecular complexity index is 491. The van der Waals surface area contributed by atoms with Crippen LogP contribution in [0.5, 0.6) is 0 Å². The lowest BCUT2D eigenvalue weighted by Crippen LogP contribution is -2.13. The molecule has 0 aliphatic heterocycles. The fourth-order valence-corrected chi connectivity index (χ4v) is 1.41.